The lowest BCUT2D eigenvalue weighted by atomic mass is 10.1. The van der Waals surface area contributed by atoms with Gasteiger partial charge in [0, 0.05) is 49.2 Å². The molecule has 1 unspecified atom stereocenters. The fourth-order valence-electron chi connectivity index (χ4n) is 3.50. The summed E-state index contributed by atoms with van der Waals surface area (Å²) in [5.74, 6) is -0.543. The van der Waals surface area contributed by atoms with E-state index in [1.807, 2.05) is 6.92 Å². The van der Waals surface area contributed by atoms with Gasteiger partial charge in [-0.2, -0.15) is 0 Å². The van der Waals surface area contributed by atoms with E-state index in [9.17, 15) is 23.1 Å². The lowest BCUT2D eigenvalue weighted by molar-refractivity contribution is -0.274. The summed E-state index contributed by atoms with van der Waals surface area (Å²) in [7, 11) is 0. The highest BCUT2D eigenvalue weighted by molar-refractivity contribution is 5.98. The molecule has 1 aromatic heterocycles. The third-order valence-corrected chi connectivity index (χ3v) is 4.70. The number of hydrogen-bond donors (Lipinski definition) is 2. The summed E-state index contributed by atoms with van der Waals surface area (Å²) in [4.78, 5) is 19.6. The van der Waals surface area contributed by atoms with Crippen molar-refractivity contribution in [2.24, 2.45) is 0 Å². The van der Waals surface area contributed by atoms with E-state index >= 15 is 0 Å². The molecule has 9 heteroatoms. The third kappa shape index (κ3) is 4.96. The standard InChI is InChI=1S/C19H24F3N3O3/c1-12-10-24(6-7-25(12)11-18(2,3)27)17(26)16-8-13-4-5-14(9-15(13)23-16)28-19(20,21)22/h4-5,8-9,12,23,27H,6-7,10-11H2,1-3H3. The number of nitrogens with one attached hydrogen (secondary N) is 1. The number of aliphatic hydroxyl groups is 1. The molecular weight excluding hydrogens is 375 g/mol. The number of β-amino-alcohol motifs (C(OH)–C–C–N with tert-alkyl or cyclic N) is 1. The summed E-state index contributed by atoms with van der Waals surface area (Å²) in [5, 5.41) is 10.6. The Labute approximate surface area is 160 Å². The van der Waals surface area contributed by atoms with Crippen LogP contribution in [-0.4, -0.2) is 70.0 Å². The number of halogens is 3. The van der Waals surface area contributed by atoms with Crippen LogP contribution in [-0.2, 0) is 0 Å². The molecule has 1 aliphatic heterocycles. The molecule has 1 aliphatic rings. The number of aromatic nitrogens is 1. The van der Waals surface area contributed by atoms with Crippen molar-refractivity contribution in [2.45, 2.75) is 38.8 Å². The minimum absolute atomic E-state index is 0.0836. The smallest absolute Gasteiger partial charge is 0.406 e. The number of fused-ring (bicyclic) bond motifs is 1. The number of ether oxygens (including phenoxy) is 1. The van der Waals surface area contributed by atoms with Gasteiger partial charge in [0.1, 0.15) is 11.4 Å². The van der Waals surface area contributed by atoms with Crippen molar-refractivity contribution in [3.8, 4) is 5.75 Å². The van der Waals surface area contributed by atoms with E-state index < -0.39 is 12.0 Å². The summed E-state index contributed by atoms with van der Waals surface area (Å²) in [6.45, 7) is 7.67. The summed E-state index contributed by atoms with van der Waals surface area (Å²) >= 11 is 0. The fourth-order valence-corrected chi connectivity index (χ4v) is 3.50. The topological polar surface area (TPSA) is 68.8 Å². The minimum atomic E-state index is -4.77. The van der Waals surface area contributed by atoms with Crippen molar-refractivity contribution in [1.29, 1.82) is 0 Å². The molecule has 0 radical (unpaired) electrons. The van der Waals surface area contributed by atoms with Gasteiger partial charge in [0.15, 0.2) is 0 Å². The molecule has 154 valence electrons. The van der Waals surface area contributed by atoms with Gasteiger partial charge in [0.25, 0.3) is 5.91 Å². The first-order valence-corrected chi connectivity index (χ1v) is 9.05. The van der Waals surface area contributed by atoms with Gasteiger partial charge >= 0.3 is 6.36 Å². The Morgan fingerprint density at radius 1 is 1.29 bits per heavy atom. The monoisotopic (exact) mass is 399 g/mol. The maximum atomic E-state index is 12.8. The predicted octanol–water partition coefficient (Wildman–Crippen LogP) is 2.98. The summed E-state index contributed by atoms with van der Waals surface area (Å²) < 4.78 is 41.0. The van der Waals surface area contributed by atoms with Crippen LogP contribution >= 0.6 is 0 Å². The van der Waals surface area contributed by atoms with E-state index in [2.05, 4.69) is 14.6 Å². The van der Waals surface area contributed by atoms with Crippen LogP contribution in [0.1, 0.15) is 31.3 Å². The number of H-pyrrole nitrogens is 1. The fraction of sp³-hybridized carbons (Fsp3) is 0.526. The summed E-state index contributed by atoms with van der Waals surface area (Å²) in [6.07, 6.45) is -4.77. The highest BCUT2D eigenvalue weighted by Crippen LogP contribution is 2.27. The van der Waals surface area contributed by atoms with Gasteiger partial charge < -0.3 is 19.7 Å². The van der Waals surface area contributed by atoms with Crippen molar-refractivity contribution in [3.05, 3.63) is 30.0 Å². The Balaban J connectivity index is 1.71. The summed E-state index contributed by atoms with van der Waals surface area (Å²) in [5.41, 5.74) is -0.0884. The van der Waals surface area contributed by atoms with E-state index in [-0.39, 0.29) is 17.7 Å². The first-order valence-electron chi connectivity index (χ1n) is 9.05. The van der Waals surface area contributed by atoms with E-state index in [1.165, 1.54) is 18.2 Å². The molecule has 0 saturated carbocycles. The number of amides is 1. The number of carbonyl (C=O) groups excluding carboxylic acids is 1. The number of hydrogen-bond acceptors (Lipinski definition) is 4. The van der Waals surface area contributed by atoms with E-state index in [0.29, 0.717) is 42.8 Å². The average Bonchev–Trinajstić information content (AvgIpc) is 2.96. The molecular formula is C19H24F3N3O3. The van der Waals surface area contributed by atoms with Crippen molar-refractivity contribution in [1.82, 2.24) is 14.8 Å². The number of rotatable bonds is 4. The highest BCUT2D eigenvalue weighted by atomic mass is 19.4. The van der Waals surface area contributed by atoms with Gasteiger partial charge in [-0.25, -0.2) is 0 Å². The molecule has 2 heterocycles. The van der Waals surface area contributed by atoms with Crippen molar-refractivity contribution < 1.29 is 27.8 Å². The van der Waals surface area contributed by atoms with Crippen molar-refractivity contribution in [3.63, 3.8) is 0 Å². The number of aromatic amines is 1. The maximum absolute atomic E-state index is 12.8. The minimum Gasteiger partial charge on any atom is -0.406 e. The molecule has 1 saturated heterocycles. The Kier molecular flexibility index (Phi) is 5.33. The molecule has 0 aliphatic carbocycles. The first-order chi connectivity index (χ1) is 12.9. The van der Waals surface area contributed by atoms with Gasteiger partial charge in [0.05, 0.1) is 5.60 Å². The van der Waals surface area contributed by atoms with Crippen LogP contribution in [0.15, 0.2) is 24.3 Å². The Morgan fingerprint density at radius 3 is 2.61 bits per heavy atom. The molecule has 6 nitrogen and oxygen atoms in total. The van der Waals surface area contributed by atoms with Crippen LogP contribution < -0.4 is 4.74 Å². The van der Waals surface area contributed by atoms with Gasteiger partial charge in [-0.15, -0.1) is 13.2 Å². The molecule has 0 bridgehead atoms. The SMILES string of the molecule is CC1CN(C(=O)c2cc3ccc(OC(F)(F)F)cc3[nH]2)CCN1CC(C)(C)O. The normalized spacial score (nSPS) is 19.2. The Hall–Kier alpha value is -2.26. The zero-order valence-electron chi connectivity index (χ0n) is 16.0. The molecule has 1 amide bonds. The van der Waals surface area contributed by atoms with Crippen LogP contribution in [0, 0.1) is 0 Å². The quantitative estimate of drug-likeness (QED) is 0.830. The molecule has 0 spiro atoms. The average molecular weight is 399 g/mol. The largest absolute Gasteiger partial charge is 0.573 e. The van der Waals surface area contributed by atoms with E-state index in [4.69, 9.17) is 0 Å². The molecule has 28 heavy (non-hydrogen) atoms. The number of carbonyl (C=O) groups is 1. The van der Waals surface area contributed by atoms with Gasteiger partial charge in [-0.05, 0) is 39.0 Å². The van der Waals surface area contributed by atoms with Crippen LogP contribution in [0.2, 0.25) is 0 Å². The van der Waals surface area contributed by atoms with Crippen molar-refractivity contribution in [2.75, 3.05) is 26.2 Å². The number of alkyl halides is 3. The molecule has 2 N–H and O–H groups in total. The van der Waals surface area contributed by atoms with Gasteiger partial charge in [-0.3, -0.25) is 9.69 Å². The molecule has 3 rings (SSSR count). The molecule has 2 aromatic rings. The van der Waals surface area contributed by atoms with Gasteiger partial charge in [0.2, 0.25) is 0 Å². The van der Waals surface area contributed by atoms with Crippen LogP contribution in [0.25, 0.3) is 10.9 Å². The predicted molar refractivity (Wildman–Crippen MR) is 98.2 cm³/mol. The lowest BCUT2D eigenvalue weighted by Gasteiger charge is -2.41. The third-order valence-electron chi connectivity index (χ3n) is 4.70. The zero-order valence-corrected chi connectivity index (χ0v) is 16.0. The second kappa shape index (κ2) is 7.29. The van der Waals surface area contributed by atoms with Gasteiger partial charge in [-0.1, -0.05) is 0 Å². The lowest BCUT2D eigenvalue weighted by Crippen LogP contribution is -2.56. The van der Waals surface area contributed by atoms with Crippen LogP contribution in [0.5, 0.6) is 5.75 Å². The molecule has 1 fully saturated rings. The summed E-state index contributed by atoms with van der Waals surface area (Å²) in [6, 6.07) is 5.63. The number of nitrogens with zero attached hydrogens (tertiary/aromatic N) is 2. The van der Waals surface area contributed by atoms with Crippen LogP contribution in [0.4, 0.5) is 13.2 Å². The van der Waals surface area contributed by atoms with E-state index in [1.54, 1.807) is 24.8 Å². The number of piperazine rings is 1. The molecule has 1 aromatic carbocycles. The molecule has 1 atom stereocenters. The van der Waals surface area contributed by atoms with Crippen molar-refractivity contribution >= 4 is 16.8 Å². The second-order valence-electron chi connectivity index (χ2n) is 7.86. The first kappa shape index (κ1) is 20.5. The highest BCUT2D eigenvalue weighted by Gasteiger charge is 2.32. The zero-order chi connectivity index (χ0) is 20.7. The maximum Gasteiger partial charge on any atom is 0.573 e. The Morgan fingerprint density at radius 2 is 2.00 bits per heavy atom. The second-order valence-corrected chi connectivity index (χ2v) is 7.86. The van der Waals surface area contributed by atoms with Crippen LogP contribution in [0.3, 0.4) is 0 Å². The van der Waals surface area contributed by atoms with E-state index in [0.717, 1.165) is 0 Å². The number of benzene rings is 1. The Bertz CT molecular complexity index is 857.